The van der Waals surface area contributed by atoms with Crippen molar-refractivity contribution in [1.82, 2.24) is 15.1 Å². The number of likely N-dealkylation sites (N-methyl/N-ethyl adjacent to an activating group) is 1. The molecule has 0 spiro atoms. The molecule has 1 atom stereocenters. The van der Waals surface area contributed by atoms with Crippen molar-refractivity contribution in [1.29, 1.82) is 0 Å². The molecular formula is C20H32N4O5S. The summed E-state index contributed by atoms with van der Waals surface area (Å²) in [6, 6.07) is 4.02. The van der Waals surface area contributed by atoms with E-state index in [1.54, 1.807) is 25.1 Å². The van der Waals surface area contributed by atoms with Gasteiger partial charge in [-0.05, 0) is 39.1 Å². The van der Waals surface area contributed by atoms with Crippen molar-refractivity contribution in [3.63, 3.8) is 0 Å². The molecule has 9 nitrogen and oxygen atoms in total. The predicted octanol–water partition coefficient (Wildman–Crippen LogP) is 0.366. The lowest BCUT2D eigenvalue weighted by Gasteiger charge is -2.32. The number of rotatable bonds is 8. The minimum Gasteiger partial charge on any atom is -0.486 e. The Morgan fingerprint density at radius 1 is 1.17 bits per heavy atom. The summed E-state index contributed by atoms with van der Waals surface area (Å²) in [5.41, 5.74) is 0.377. The number of benzene rings is 1. The van der Waals surface area contributed by atoms with Crippen LogP contribution in [0.4, 0.5) is 5.69 Å². The Labute approximate surface area is 179 Å². The van der Waals surface area contributed by atoms with Crippen molar-refractivity contribution in [3.05, 3.63) is 18.2 Å². The third kappa shape index (κ3) is 5.77. The summed E-state index contributed by atoms with van der Waals surface area (Å²) in [6.07, 6.45) is 1.92. The summed E-state index contributed by atoms with van der Waals surface area (Å²) in [7, 11) is -1.56. The number of sulfonamides is 1. The fourth-order valence-corrected chi connectivity index (χ4v) is 4.88. The summed E-state index contributed by atoms with van der Waals surface area (Å²) in [6.45, 7) is 8.06. The Morgan fingerprint density at radius 2 is 1.83 bits per heavy atom. The van der Waals surface area contributed by atoms with E-state index in [1.165, 1.54) is 0 Å². The van der Waals surface area contributed by atoms with E-state index in [4.69, 9.17) is 9.47 Å². The molecule has 1 fully saturated rings. The highest BCUT2D eigenvalue weighted by Crippen LogP contribution is 2.35. The molecule has 10 heteroatoms. The second-order valence-corrected chi connectivity index (χ2v) is 9.71. The van der Waals surface area contributed by atoms with Gasteiger partial charge in [0, 0.05) is 38.8 Å². The van der Waals surface area contributed by atoms with Crippen LogP contribution in [-0.4, -0.2) is 96.0 Å². The molecule has 0 radical (unpaired) electrons. The molecule has 30 heavy (non-hydrogen) atoms. The summed E-state index contributed by atoms with van der Waals surface area (Å²) in [4.78, 5) is 17.4. The normalized spacial score (nSPS) is 18.6. The molecule has 2 aliphatic heterocycles. The van der Waals surface area contributed by atoms with Crippen molar-refractivity contribution < 1.29 is 22.7 Å². The van der Waals surface area contributed by atoms with Gasteiger partial charge in [-0.2, -0.15) is 0 Å². The number of ether oxygens (including phenoxy) is 2. The zero-order chi connectivity index (χ0) is 21.7. The van der Waals surface area contributed by atoms with Crippen molar-refractivity contribution >= 4 is 21.6 Å². The number of carbonyl (C=O) groups excluding carboxylic acids is 1. The topological polar surface area (TPSA) is 91.4 Å². The van der Waals surface area contributed by atoms with Gasteiger partial charge in [0.2, 0.25) is 15.9 Å². The fraction of sp³-hybridized carbons (Fsp3) is 0.650. The number of fused-ring (bicyclic) bond motifs is 1. The van der Waals surface area contributed by atoms with E-state index >= 15 is 0 Å². The first-order valence-corrected chi connectivity index (χ1v) is 12.2. The van der Waals surface area contributed by atoms with Crippen LogP contribution < -0.4 is 19.1 Å². The van der Waals surface area contributed by atoms with Crippen LogP contribution in [0.5, 0.6) is 11.5 Å². The maximum Gasteiger partial charge on any atom is 0.243 e. The van der Waals surface area contributed by atoms with E-state index < -0.39 is 16.1 Å². The molecule has 1 amide bonds. The largest absolute Gasteiger partial charge is 0.486 e. The number of carbonyl (C=O) groups is 1. The molecule has 1 N–H and O–H groups in total. The van der Waals surface area contributed by atoms with Gasteiger partial charge in [-0.15, -0.1) is 0 Å². The predicted molar refractivity (Wildman–Crippen MR) is 116 cm³/mol. The number of anilines is 1. The molecule has 2 heterocycles. The van der Waals surface area contributed by atoms with Crippen LogP contribution in [0.15, 0.2) is 18.2 Å². The third-order valence-electron chi connectivity index (χ3n) is 5.41. The SMILES string of the molecule is CC(C(=O)NCCCN1CCN(C)CC1)N(c1ccc2c(c1)OCCO2)S(C)(=O)=O. The average molecular weight is 441 g/mol. The van der Waals surface area contributed by atoms with E-state index in [0.717, 1.165) is 49.7 Å². The van der Waals surface area contributed by atoms with Crippen molar-refractivity contribution in [2.24, 2.45) is 0 Å². The Bertz CT molecular complexity index is 840. The maximum atomic E-state index is 12.7. The number of nitrogens with one attached hydrogen (secondary N) is 1. The lowest BCUT2D eigenvalue weighted by Crippen LogP contribution is -2.48. The van der Waals surface area contributed by atoms with E-state index in [-0.39, 0.29) is 5.91 Å². The van der Waals surface area contributed by atoms with Gasteiger partial charge in [0.1, 0.15) is 19.3 Å². The zero-order valence-electron chi connectivity index (χ0n) is 18.0. The fourth-order valence-electron chi connectivity index (χ4n) is 3.71. The molecule has 168 valence electrons. The van der Waals surface area contributed by atoms with E-state index in [1.807, 2.05) is 0 Å². The molecule has 0 saturated carbocycles. The summed E-state index contributed by atoms with van der Waals surface area (Å²) in [5.74, 6) is 0.723. The van der Waals surface area contributed by atoms with Gasteiger partial charge in [-0.3, -0.25) is 9.10 Å². The van der Waals surface area contributed by atoms with Crippen molar-refractivity contribution in [3.8, 4) is 11.5 Å². The smallest absolute Gasteiger partial charge is 0.243 e. The monoisotopic (exact) mass is 440 g/mol. The molecule has 2 aliphatic rings. The van der Waals surface area contributed by atoms with Gasteiger partial charge < -0.3 is 24.6 Å². The second kappa shape index (κ2) is 9.84. The second-order valence-electron chi connectivity index (χ2n) is 7.85. The van der Waals surface area contributed by atoms with Crippen molar-refractivity contribution in [2.45, 2.75) is 19.4 Å². The molecule has 1 aromatic carbocycles. The van der Waals surface area contributed by atoms with E-state index in [2.05, 4.69) is 22.2 Å². The van der Waals surface area contributed by atoms with Gasteiger partial charge >= 0.3 is 0 Å². The quantitative estimate of drug-likeness (QED) is 0.584. The van der Waals surface area contributed by atoms with Gasteiger partial charge in [-0.1, -0.05) is 0 Å². The van der Waals surface area contributed by atoms with Crippen molar-refractivity contribution in [2.75, 3.05) is 70.1 Å². The highest BCUT2D eigenvalue weighted by molar-refractivity contribution is 7.92. The van der Waals surface area contributed by atoms with Gasteiger partial charge in [0.05, 0.1) is 11.9 Å². The van der Waals surface area contributed by atoms with E-state index in [0.29, 0.717) is 36.9 Å². The van der Waals surface area contributed by atoms with Crippen LogP contribution in [0.2, 0.25) is 0 Å². The van der Waals surface area contributed by atoms with Crippen LogP contribution in [0.3, 0.4) is 0 Å². The molecule has 1 unspecified atom stereocenters. The van der Waals surface area contributed by atoms with Crippen LogP contribution in [0.1, 0.15) is 13.3 Å². The summed E-state index contributed by atoms with van der Waals surface area (Å²) in [5, 5.41) is 2.88. The summed E-state index contributed by atoms with van der Waals surface area (Å²) < 4.78 is 37.1. The number of hydrogen-bond donors (Lipinski definition) is 1. The Balaban J connectivity index is 1.58. The Hall–Kier alpha value is -2.04. The third-order valence-corrected chi connectivity index (χ3v) is 6.66. The van der Waals surface area contributed by atoms with E-state index in [9.17, 15) is 13.2 Å². The zero-order valence-corrected chi connectivity index (χ0v) is 18.8. The first kappa shape index (κ1) is 22.6. The summed E-state index contributed by atoms with van der Waals surface area (Å²) >= 11 is 0. The highest BCUT2D eigenvalue weighted by atomic mass is 32.2. The highest BCUT2D eigenvalue weighted by Gasteiger charge is 2.30. The molecule has 0 bridgehead atoms. The average Bonchev–Trinajstić information content (AvgIpc) is 2.71. The standard InChI is InChI=1S/C20H32N4O5S/c1-16(20(25)21-7-4-8-23-11-9-22(2)10-12-23)24(30(3,26)27)17-5-6-18-19(15-17)29-14-13-28-18/h5-6,15-16H,4,7-14H2,1-3H3,(H,21,25). The van der Waals surface area contributed by atoms with Gasteiger partial charge in [0.15, 0.2) is 11.5 Å². The lowest BCUT2D eigenvalue weighted by atomic mass is 10.2. The molecule has 0 aliphatic carbocycles. The molecular weight excluding hydrogens is 408 g/mol. The first-order chi connectivity index (χ1) is 14.3. The van der Waals surface area contributed by atoms with Crippen LogP contribution >= 0.6 is 0 Å². The molecule has 1 saturated heterocycles. The Morgan fingerprint density at radius 3 is 2.50 bits per heavy atom. The molecule has 0 aromatic heterocycles. The van der Waals surface area contributed by atoms with Crippen LogP contribution in [0, 0.1) is 0 Å². The number of piperazine rings is 1. The molecule has 3 rings (SSSR count). The van der Waals surface area contributed by atoms with Gasteiger partial charge in [0.25, 0.3) is 0 Å². The first-order valence-electron chi connectivity index (χ1n) is 10.3. The minimum atomic E-state index is -3.68. The Kier molecular flexibility index (Phi) is 7.43. The van der Waals surface area contributed by atoms with Gasteiger partial charge in [-0.25, -0.2) is 8.42 Å². The van der Waals surface area contributed by atoms with Crippen LogP contribution in [0.25, 0.3) is 0 Å². The maximum absolute atomic E-state index is 12.7. The molecule has 1 aromatic rings. The number of nitrogens with zero attached hydrogens (tertiary/aromatic N) is 3. The van der Waals surface area contributed by atoms with Crippen LogP contribution in [-0.2, 0) is 14.8 Å². The minimum absolute atomic E-state index is 0.325. The number of amides is 1. The number of hydrogen-bond acceptors (Lipinski definition) is 7. The lowest BCUT2D eigenvalue weighted by molar-refractivity contribution is -0.121.